The molecule has 132 valence electrons. The van der Waals surface area contributed by atoms with Gasteiger partial charge in [-0.25, -0.2) is 0 Å². The van der Waals surface area contributed by atoms with E-state index in [-0.39, 0.29) is 17.9 Å². The number of carbonyl (C=O) groups excluding carboxylic acids is 2. The molecule has 1 aliphatic heterocycles. The predicted molar refractivity (Wildman–Crippen MR) is 97.5 cm³/mol. The van der Waals surface area contributed by atoms with E-state index in [0.717, 1.165) is 24.8 Å². The van der Waals surface area contributed by atoms with Crippen LogP contribution in [0.3, 0.4) is 0 Å². The quantitative estimate of drug-likeness (QED) is 0.747. The zero-order valence-corrected chi connectivity index (χ0v) is 15.3. The van der Waals surface area contributed by atoms with Crippen molar-refractivity contribution in [2.45, 2.75) is 44.6 Å². The normalized spacial score (nSPS) is 15.3. The van der Waals surface area contributed by atoms with Gasteiger partial charge in [0.2, 0.25) is 11.8 Å². The minimum Gasteiger partial charge on any atom is -0.353 e. The zero-order chi connectivity index (χ0) is 17.4. The van der Waals surface area contributed by atoms with Gasteiger partial charge in [-0.05, 0) is 43.4 Å². The Balaban J connectivity index is 1.66. The Kier molecular flexibility index (Phi) is 7.86. The summed E-state index contributed by atoms with van der Waals surface area (Å²) in [6.07, 6.45) is 4.05. The summed E-state index contributed by atoms with van der Waals surface area (Å²) < 4.78 is 0. The number of likely N-dealkylation sites (tertiary alicyclic amines) is 1. The van der Waals surface area contributed by atoms with Crippen molar-refractivity contribution in [3.8, 4) is 0 Å². The van der Waals surface area contributed by atoms with Gasteiger partial charge in [0, 0.05) is 42.9 Å². The van der Waals surface area contributed by atoms with E-state index in [2.05, 4.69) is 5.32 Å². The SMILES string of the molecule is O=C(CCc1ccc(Cl)cc1)NC1CCN(C(=O)CCCCl)CC1. The van der Waals surface area contributed by atoms with Gasteiger partial charge < -0.3 is 10.2 Å². The molecule has 1 aromatic rings. The minimum atomic E-state index is 0.0665. The molecule has 24 heavy (non-hydrogen) atoms. The van der Waals surface area contributed by atoms with Crippen LogP contribution >= 0.6 is 23.2 Å². The Morgan fingerprint density at radius 3 is 2.42 bits per heavy atom. The van der Waals surface area contributed by atoms with E-state index < -0.39 is 0 Å². The predicted octanol–water partition coefficient (Wildman–Crippen LogP) is 3.40. The first-order valence-corrected chi connectivity index (χ1v) is 9.37. The number of nitrogens with one attached hydrogen (secondary N) is 1. The van der Waals surface area contributed by atoms with E-state index in [0.29, 0.717) is 43.3 Å². The molecule has 0 saturated carbocycles. The molecular weight excluding hydrogens is 347 g/mol. The lowest BCUT2D eigenvalue weighted by Gasteiger charge is -2.32. The highest BCUT2D eigenvalue weighted by atomic mass is 35.5. The van der Waals surface area contributed by atoms with Crippen LogP contribution in [0.15, 0.2) is 24.3 Å². The van der Waals surface area contributed by atoms with Crippen molar-refractivity contribution in [2.24, 2.45) is 0 Å². The molecule has 0 aliphatic carbocycles. The molecular formula is C18H24Cl2N2O2. The van der Waals surface area contributed by atoms with E-state index in [1.165, 1.54) is 0 Å². The Morgan fingerprint density at radius 1 is 1.12 bits per heavy atom. The summed E-state index contributed by atoms with van der Waals surface area (Å²) in [6, 6.07) is 7.73. The lowest BCUT2D eigenvalue weighted by molar-refractivity contribution is -0.132. The van der Waals surface area contributed by atoms with Crippen molar-refractivity contribution in [1.29, 1.82) is 0 Å². The van der Waals surface area contributed by atoms with Gasteiger partial charge in [0.1, 0.15) is 0 Å². The third-order valence-electron chi connectivity index (χ3n) is 4.29. The average Bonchev–Trinajstić information content (AvgIpc) is 2.60. The van der Waals surface area contributed by atoms with Crippen LogP contribution in [0, 0.1) is 0 Å². The topological polar surface area (TPSA) is 49.4 Å². The van der Waals surface area contributed by atoms with Crippen molar-refractivity contribution in [3.05, 3.63) is 34.9 Å². The number of aryl methyl sites for hydroxylation is 1. The molecule has 0 bridgehead atoms. The summed E-state index contributed by atoms with van der Waals surface area (Å²) in [4.78, 5) is 25.9. The minimum absolute atomic E-state index is 0.0665. The molecule has 0 atom stereocenters. The molecule has 2 amide bonds. The van der Waals surface area contributed by atoms with Gasteiger partial charge in [-0.2, -0.15) is 0 Å². The van der Waals surface area contributed by atoms with Gasteiger partial charge in [0.15, 0.2) is 0 Å². The second kappa shape index (κ2) is 9.90. The maximum atomic E-state index is 12.1. The van der Waals surface area contributed by atoms with E-state index in [1.807, 2.05) is 29.2 Å². The number of hydrogen-bond acceptors (Lipinski definition) is 2. The number of nitrogens with zero attached hydrogens (tertiary/aromatic N) is 1. The second-order valence-corrected chi connectivity index (χ2v) is 6.96. The molecule has 0 aromatic heterocycles. The van der Waals surface area contributed by atoms with E-state index in [9.17, 15) is 9.59 Å². The fraction of sp³-hybridized carbons (Fsp3) is 0.556. The molecule has 1 aromatic carbocycles. The molecule has 1 fully saturated rings. The number of alkyl halides is 1. The molecule has 1 heterocycles. The Labute approximate surface area is 153 Å². The summed E-state index contributed by atoms with van der Waals surface area (Å²) in [5.41, 5.74) is 1.11. The highest BCUT2D eigenvalue weighted by Crippen LogP contribution is 2.14. The number of benzene rings is 1. The summed E-state index contributed by atoms with van der Waals surface area (Å²) in [6.45, 7) is 1.42. The average molecular weight is 371 g/mol. The van der Waals surface area contributed by atoms with Crippen LogP contribution in [0.25, 0.3) is 0 Å². The van der Waals surface area contributed by atoms with Gasteiger partial charge in [-0.15, -0.1) is 11.6 Å². The van der Waals surface area contributed by atoms with Gasteiger partial charge in [0.05, 0.1) is 0 Å². The third-order valence-corrected chi connectivity index (χ3v) is 4.81. The lowest BCUT2D eigenvalue weighted by Crippen LogP contribution is -2.46. The van der Waals surface area contributed by atoms with Crippen LogP contribution in [0.5, 0.6) is 0 Å². The molecule has 1 N–H and O–H groups in total. The highest BCUT2D eigenvalue weighted by molar-refractivity contribution is 6.30. The van der Waals surface area contributed by atoms with Crippen molar-refractivity contribution >= 4 is 35.0 Å². The number of piperidine rings is 1. The summed E-state index contributed by atoms with van der Waals surface area (Å²) in [5, 5.41) is 3.78. The standard InChI is InChI=1S/C18H24Cl2N2O2/c19-11-1-2-18(24)22-12-9-16(10-13-22)21-17(23)8-5-14-3-6-15(20)7-4-14/h3-4,6-7,16H,1-2,5,8-13H2,(H,21,23). The third kappa shape index (κ3) is 6.33. The first-order chi connectivity index (χ1) is 11.6. The molecule has 0 unspecified atom stereocenters. The van der Waals surface area contributed by atoms with Crippen LogP contribution in [0.2, 0.25) is 5.02 Å². The molecule has 6 heteroatoms. The molecule has 0 radical (unpaired) electrons. The number of halogens is 2. The maximum Gasteiger partial charge on any atom is 0.222 e. The summed E-state index contributed by atoms with van der Waals surface area (Å²) >= 11 is 11.5. The van der Waals surface area contributed by atoms with Crippen molar-refractivity contribution in [1.82, 2.24) is 10.2 Å². The maximum absolute atomic E-state index is 12.1. The van der Waals surface area contributed by atoms with Gasteiger partial charge in [0.25, 0.3) is 0 Å². The van der Waals surface area contributed by atoms with Crippen LogP contribution in [-0.4, -0.2) is 41.7 Å². The smallest absolute Gasteiger partial charge is 0.222 e. The molecule has 1 saturated heterocycles. The fourth-order valence-corrected chi connectivity index (χ4v) is 3.12. The first kappa shape index (κ1) is 19.1. The number of rotatable bonds is 7. The first-order valence-electron chi connectivity index (χ1n) is 8.46. The van der Waals surface area contributed by atoms with Gasteiger partial charge in [-0.3, -0.25) is 9.59 Å². The Hall–Kier alpha value is -1.26. The molecule has 0 spiro atoms. The van der Waals surface area contributed by atoms with Crippen molar-refractivity contribution in [2.75, 3.05) is 19.0 Å². The van der Waals surface area contributed by atoms with Gasteiger partial charge in [-0.1, -0.05) is 23.7 Å². The van der Waals surface area contributed by atoms with Crippen LogP contribution in [0.4, 0.5) is 0 Å². The van der Waals surface area contributed by atoms with E-state index >= 15 is 0 Å². The largest absolute Gasteiger partial charge is 0.353 e. The van der Waals surface area contributed by atoms with Gasteiger partial charge >= 0.3 is 0 Å². The second-order valence-electron chi connectivity index (χ2n) is 6.14. The summed E-state index contributed by atoms with van der Waals surface area (Å²) in [7, 11) is 0. The van der Waals surface area contributed by atoms with E-state index in [1.54, 1.807) is 0 Å². The van der Waals surface area contributed by atoms with Crippen molar-refractivity contribution in [3.63, 3.8) is 0 Å². The fourth-order valence-electron chi connectivity index (χ4n) is 2.86. The van der Waals surface area contributed by atoms with Crippen LogP contribution < -0.4 is 5.32 Å². The number of hydrogen-bond donors (Lipinski definition) is 1. The lowest BCUT2D eigenvalue weighted by atomic mass is 10.0. The monoisotopic (exact) mass is 370 g/mol. The van der Waals surface area contributed by atoms with Crippen LogP contribution in [-0.2, 0) is 16.0 Å². The Morgan fingerprint density at radius 2 is 1.79 bits per heavy atom. The van der Waals surface area contributed by atoms with Crippen molar-refractivity contribution < 1.29 is 9.59 Å². The molecule has 1 aliphatic rings. The zero-order valence-electron chi connectivity index (χ0n) is 13.8. The van der Waals surface area contributed by atoms with E-state index in [4.69, 9.17) is 23.2 Å². The number of carbonyl (C=O) groups is 2. The molecule has 4 nitrogen and oxygen atoms in total. The highest BCUT2D eigenvalue weighted by Gasteiger charge is 2.23. The number of amides is 2. The molecule has 2 rings (SSSR count). The van der Waals surface area contributed by atoms with Crippen LogP contribution in [0.1, 0.15) is 37.7 Å². The summed E-state index contributed by atoms with van der Waals surface area (Å²) in [5.74, 6) is 0.756. The Bertz CT molecular complexity index is 540.